The van der Waals surface area contributed by atoms with Crippen molar-refractivity contribution in [3.05, 3.63) is 16.0 Å². The molecule has 0 radical (unpaired) electrons. The van der Waals surface area contributed by atoms with Gasteiger partial charge in [0.1, 0.15) is 5.00 Å². The van der Waals surface area contributed by atoms with Crippen molar-refractivity contribution in [2.45, 2.75) is 58.8 Å². The molecular weight excluding hydrogens is 360 g/mol. The Balaban J connectivity index is 1.83. The van der Waals surface area contributed by atoms with E-state index in [9.17, 15) is 14.7 Å². The van der Waals surface area contributed by atoms with Crippen LogP contribution in [0.2, 0.25) is 0 Å². The van der Waals surface area contributed by atoms with Crippen LogP contribution in [-0.4, -0.2) is 42.5 Å². The summed E-state index contributed by atoms with van der Waals surface area (Å²) in [6.07, 6.45) is 6.93. The molecule has 3 rings (SSSR count). The summed E-state index contributed by atoms with van der Waals surface area (Å²) in [6, 6.07) is 0. The standard InChI is InChI=1S/C21H32N2O3S/c1-21(2)10-9-16-15(11-21)17(20(25)26)19(27-16)22-18(24)14-8-6-5-7-13(14)12-23(3)4/h13-14H,5-12H2,1-4H3,(H,22,24)(H,25,26)/t13-,14+/m1/s1. The lowest BCUT2D eigenvalue weighted by molar-refractivity contribution is -0.122. The molecule has 1 aromatic heterocycles. The van der Waals surface area contributed by atoms with Crippen molar-refractivity contribution in [2.75, 3.05) is 26.0 Å². The minimum Gasteiger partial charge on any atom is -0.478 e. The summed E-state index contributed by atoms with van der Waals surface area (Å²) in [7, 11) is 4.09. The summed E-state index contributed by atoms with van der Waals surface area (Å²) in [5, 5.41) is 13.4. The number of aromatic carboxylic acids is 1. The molecule has 0 aromatic carbocycles. The van der Waals surface area contributed by atoms with Gasteiger partial charge in [-0.3, -0.25) is 4.79 Å². The first-order valence-corrected chi connectivity index (χ1v) is 10.8. The predicted molar refractivity (Wildman–Crippen MR) is 110 cm³/mol. The molecule has 0 unspecified atom stereocenters. The molecule has 5 nitrogen and oxygen atoms in total. The van der Waals surface area contributed by atoms with Crippen molar-refractivity contribution in [3.8, 4) is 0 Å². The third kappa shape index (κ3) is 4.54. The molecule has 0 aliphatic heterocycles. The van der Waals surface area contributed by atoms with Gasteiger partial charge < -0.3 is 15.3 Å². The molecule has 27 heavy (non-hydrogen) atoms. The van der Waals surface area contributed by atoms with Gasteiger partial charge in [0.05, 0.1) is 5.56 Å². The molecule has 1 saturated carbocycles. The Morgan fingerprint density at radius 3 is 2.63 bits per heavy atom. The zero-order valence-electron chi connectivity index (χ0n) is 16.9. The van der Waals surface area contributed by atoms with Gasteiger partial charge in [0.2, 0.25) is 5.91 Å². The third-order valence-electron chi connectivity index (χ3n) is 6.07. The van der Waals surface area contributed by atoms with Crippen molar-refractivity contribution in [1.82, 2.24) is 4.90 Å². The quantitative estimate of drug-likeness (QED) is 0.785. The van der Waals surface area contributed by atoms with E-state index in [-0.39, 0.29) is 17.2 Å². The van der Waals surface area contributed by atoms with Crippen LogP contribution in [0.15, 0.2) is 0 Å². The number of anilines is 1. The molecule has 150 valence electrons. The Morgan fingerprint density at radius 2 is 1.96 bits per heavy atom. The summed E-state index contributed by atoms with van der Waals surface area (Å²) in [5.41, 5.74) is 1.38. The van der Waals surface area contributed by atoms with E-state index < -0.39 is 5.97 Å². The Morgan fingerprint density at radius 1 is 1.26 bits per heavy atom. The number of nitrogens with one attached hydrogen (secondary N) is 1. The number of thiophene rings is 1. The highest BCUT2D eigenvalue weighted by atomic mass is 32.1. The molecular formula is C21H32N2O3S. The van der Waals surface area contributed by atoms with Crippen LogP contribution >= 0.6 is 11.3 Å². The van der Waals surface area contributed by atoms with Crippen LogP contribution in [0, 0.1) is 17.3 Å². The summed E-state index contributed by atoms with van der Waals surface area (Å²) < 4.78 is 0. The van der Waals surface area contributed by atoms with Crippen LogP contribution in [0.25, 0.3) is 0 Å². The van der Waals surface area contributed by atoms with Gasteiger partial charge in [0, 0.05) is 17.3 Å². The summed E-state index contributed by atoms with van der Waals surface area (Å²) >= 11 is 1.48. The van der Waals surface area contributed by atoms with E-state index in [2.05, 4.69) is 24.1 Å². The Kier molecular flexibility index (Phi) is 5.96. The Labute approximate surface area is 166 Å². The SMILES string of the molecule is CN(C)C[C@H]1CCCC[C@@H]1C(=O)Nc1sc2c(c1C(=O)O)CC(C)(C)CC2. The molecule has 1 fully saturated rings. The van der Waals surface area contributed by atoms with Gasteiger partial charge >= 0.3 is 5.97 Å². The highest BCUT2D eigenvalue weighted by Crippen LogP contribution is 2.44. The van der Waals surface area contributed by atoms with Crippen molar-refractivity contribution in [2.24, 2.45) is 17.3 Å². The number of fused-ring (bicyclic) bond motifs is 1. The number of carbonyl (C=O) groups is 2. The lowest BCUT2D eigenvalue weighted by atomic mass is 9.76. The van der Waals surface area contributed by atoms with Crippen LogP contribution in [0.1, 0.15) is 66.8 Å². The number of hydrogen-bond acceptors (Lipinski definition) is 4. The topological polar surface area (TPSA) is 69.6 Å². The second-order valence-electron chi connectivity index (χ2n) is 9.26. The maximum absolute atomic E-state index is 13.1. The largest absolute Gasteiger partial charge is 0.478 e. The molecule has 0 saturated heterocycles. The van der Waals surface area contributed by atoms with Gasteiger partial charge in [0.15, 0.2) is 0 Å². The molecule has 1 aromatic rings. The number of carboxylic acids is 1. The first kappa shape index (κ1) is 20.3. The first-order chi connectivity index (χ1) is 12.7. The van der Waals surface area contributed by atoms with Gasteiger partial charge in [-0.25, -0.2) is 4.79 Å². The third-order valence-corrected chi connectivity index (χ3v) is 7.28. The predicted octanol–water partition coefficient (Wildman–Crippen LogP) is 4.27. The van der Waals surface area contributed by atoms with Crippen molar-refractivity contribution < 1.29 is 14.7 Å². The van der Waals surface area contributed by atoms with Crippen molar-refractivity contribution in [3.63, 3.8) is 0 Å². The second kappa shape index (κ2) is 7.92. The summed E-state index contributed by atoms with van der Waals surface area (Å²) in [5.74, 6) is -0.607. The average molecular weight is 393 g/mol. The molecule has 2 aliphatic rings. The Hall–Kier alpha value is -1.40. The molecule has 0 spiro atoms. The fourth-order valence-electron chi connectivity index (χ4n) is 4.68. The maximum atomic E-state index is 13.1. The minimum atomic E-state index is -0.922. The molecule has 6 heteroatoms. The van der Waals surface area contributed by atoms with Gasteiger partial charge in [0.25, 0.3) is 0 Å². The van der Waals surface area contributed by atoms with E-state index in [1.54, 1.807) is 0 Å². The number of aryl methyl sites for hydroxylation is 1. The van der Waals surface area contributed by atoms with Gasteiger partial charge in [-0.05, 0) is 63.1 Å². The van der Waals surface area contributed by atoms with Crippen LogP contribution in [-0.2, 0) is 17.6 Å². The molecule has 1 heterocycles. The zero-order valence-corrected chi connectivity index (χ0v) is 17.7. The average Bonchev–Trinajstić information content (AvgIpc) is 2.90. The highest BCUT2D eigenvalue weighted by molar-refractivity contribution is 7.17. The molecule has 2 aliphatic carbocycles. The fourth-order valence-corrected chi connectivity index (χ4v) is 5.89. The number of hydrogen-bond donors (Lipinski definition) is 2. The van der Waals surface area contributed by atoms with Crippen molar-refractivity contribution >= 4 is 28.2 Å². The monoisotopic (exact) mass is 392 g/mol. The summed E-state index contributed by atoms with van der Waals surface area (Å²) in [6.45, 7) is 5.27. The second-order valence-corrected chi connectivity index (χ2v) is 10.4. The highest BCUT2D eigenvalue weighted by Gasteiger charge is 2.35. The lowest BCUT2D eigenvalue weighted by Gasteiger charge is -2.32. The number of amides is 1. The molecule has 2 N–H and O–H groups in total. The van der Waals surface area contributed by atoms with Crippen molar-refractivity contribution in [1.29, 1.82) is 0 Å². The van der Waals surface area contributed by atoms with E-state index in [1.807, 2.05) is 14.1 Å². The van der Waals surface area contributed by atoms with Gasteiger partial charge in [-0.1, -0.05) is 26.7 Å². The number of nitrogens with zero attached hydrogens (tertiary/aromatic N) is 1. The smallest absolute Gasteiger partial charge is 0.339 e. The van der Waals surface area contributed by atoms with E-state index in [0.29, 0.717) is 16.5 Å². The normalized spacial score (nSPS) is 24.5. The van der Waals surface area contributed by atoms with E-state index in [0.717, 1.165) is 55.5 Å². The molecule has 1 amide bonds. The number of carbonyl (C=O) groups excluding carboxylic acids is 1. The zero-order chi connectivity index (χ0) is 19.8. The molecule has 2 atom stereocenters. The lowest BCUT2D eigenvalue weighted by Crippen LogP contribution is -2.37. The first-order valence-electron chi connectivity index (χ1n) is 10.0. The minimum absolute atomic E-state index is 0.00177. The maximum Gasteiger partial charge on any atom is 0.339 e. The fraction of sp³-hybridized carbons (Fsp3) is 0.714. The van der Waals surface area contributed by atoms with Crippen LogP contribution < -0.4 is 5.32 Å². The van der Waals surface area contributed by atoms with E-state index in [4.69, 9.17) is 0 Å². The van der Waals surface area contributed by atoms with Crippen LogP contribution in [0.5, 0.6) is 0 Å². The Bertz CT molecular complexity index is 723. The van der Waals surface area contributed by atoms with Crippen LogP contribution in [0.4, 0.5) is 5.00 Å². The van der Waals surface area contributed by atoms with E-state index >= 15 is 0 Å². The molecule has 0 bridgehead atoms. The summed E-state index contributed by atoms with van der Waals surface area (Å²) in [4.78, 5) is 28.3. The van der Waals surface area contributed by atoms with Crippen LogP contribution in [0.3, 0.4) is 0 Å². The number of rotatable bonds is 5. The van der Waals surface area contributed by atoms with E-state index in [1.165, 1.54) is 17.8 Å². The van der Waals surface area contributed by atoms with Gasteiger partial charge in [-0.15, -0.1) is 11.3 Å². The number of carboxylic acid groups (broad SMARTS) is 1. The van der Waals surface area contributed by atoms with Gasteiger partial charge in [-0.2, -0.15) is 0 Å².